The monoisotopic (exact) mass is 423 g/mol. The number of hydrogen-bond donors (Lipinski definition) is 1. The Bertz CT molecular complexity index is 899. The number of methoxy groups -OCH3 is 1. The highest BCUT2D eigenvalue weighted by molar-refractivity contribution is 9.10. The number of rotatable bonds is 3. The van der Waals surface area contributed by atoms with E-state index in [0.29, 0.717) is 0 Å². The lowest BCUT2D eigenvalue weighted by atomic mass is 9.72. The summed E-state index contributed by atoms with van der Waals surface area (Å²) in [7, 11) is 1.46. The number of carbonyl (C=O) groups excluding carboxylic acids is 1. The maximum Gasteiger partial charge on any atom is 0.323 e. The molecule has 0 bridgehead atoms. The normalized spacial score (nSPS) is 26.4. The first-order valence-corrected chi connectivity index (χ1v) is 9.92. The molecular weight excluding hydrogens is 402 g/mol. The predicted molar refractivity (Wildman–Crippen MR) is 110 cm³/mol. The molecule has 2 aromatic carbocycles. The Hall–Kier alpha value is -2.17. The molecule has 2 aromatic rings. The van der Waals surface area contributed by atoms with Crippen LogP contribution in [0.3, 0.4) is 0 Å². The lowest BCUT2D eigenvalue weighted by Gasteiger charge is -2.42. The van der Waals surface area contributed by atoms with Crippen molar-refractivity contribution in [3.05, 3.63) is 93.5 Å². The number of benzene rings is 2. The number of ether oxygens (including phenoxy) is 1. The van der Waals surface area contributed by atoms with Crippen molar-refractivity contribution in [2.45, 2.75) is 24.9 Å². The number of esters is 1. The van der Waals surface area contributed by atoms with Crippen LogP contribution in [-0.4, -0.2) is 19.1 Å². The van der Waals surface area contributed by atoms with Crippen LogP contribution in [0.1, 0.15) is 28.7 Å². The molecule has 0 spiro atoms. The second kappa shape index (κ2) is 7.45. The molecule has 138 valence electrons. The van der Waals surface area contributed by atoms with Crippen molar-refractivity contribution < 1.29 is 9.53 Å². The third kappa shape index (κ3) is 3.40. The van der Waals surface area contributed by atoms with Gasteiger partial charge in [0.1, 0.15) is 6.04 Å². The zero-order chi connectivity index (χ0) is 19.0. The molecule has 1 fully saturated rings. The molecule has 1 aliphatic carbocycles. The van der Waals surface area contributed by atoms with E-state index in [1.165, 1.54) is 18.2 Å². The lowest BCUT2D eigenvalue weighted by Crippen LogP contribution is -2.51. The van der Waals surface area contributed by atoms with Crippen molar-refractivity contribution in [1.82, 2.24) is 5.32 Å². The van der Waals surface area contributed by atoms with Crippen LogP contribution < -0.4 is 5.32 Å². The second-order valence-electron chi connectivity index (χ2n) is 7.16. The fourth-order valence-corrected chi connectivity index (χ4v) is 4.44. The van der Waals surface area contributed by atoms with E-state index in [2.05, 4.69) is 82.8 Å². The van der Waals surface area contributed by atoms with E-state index < -0.39 is 6.04 Å². The maximum absolute atomic E-state index is 12.7. The van der Waals surface area contributed by atoms with Gasteiger partial charge in [-0.05, 0) is 30.2 Å². The molecule has 4 rings (SSSR count). The van der Waals surface area contributed by atoms with Gasteiger partial charge in [0, 0.05) is 22.4 Å². The number of nitrogens with one attached hydrogen (secondary N) is 1. The van der Waals surface area contributed by atoms with Gasteiger partial charge in [-0.2, -0.15) is 0 Å². The van der Waals surface area contributed by atoms with Crippen molar-refractivity contribution in [3.63, 3.8) is 0 Å². The maximum atomic E-state index is 12.7. The van der Waals surface area contributed by atoms with Gasteiger partial charge >= 0.3 is 5.97 Å². The highest BCUT2D eigenvalue weighted by Gasteiger charge is 2.45. The number of hydrogen-bond acceptors (Lipinski definition) is 3. The van der Waals surface area contributed by atoms with E-state index in [1.807, 2.05) is 12.1 Å². The minimum Gasteiger partial charge on any atom is -0.468 e. The Kier molecular flexibility index (Phi) is 5.02. The van der Waals surface area contributed by atoms with Gasteiger partial charge in [0.2, 0.25) is 0 Å². The molecular formula is C23H22BrNO2. The SMILES string of the molecule is COC(=O)[C@H]1N[C@@H](c2ccc(Br)cc2)[C@@H]2C=CC=C2[C@H]1c1ccc(C)cc1. The average Bonchev–Trinajstić information content (AvgIpc) is 3.17. The highest BCUT2D eigenvalue weighted by atomic mass is 79.9. The van der Waals surface area contributed by atoms with Gasteiger partial charge in [-0.1, -0.05) is 81.7 Å². The van der Waals surface area contributed by atoms with Crippen molar-refractivity contribution in [3.8, 4) is 0 Å². The molecule has 4 atom stereocenters. The van der Waals surface area contributed by atoms with Crippen LogP contribution in [0.5, 0.6) is 0 Å². The van der Waals surface area contributed by atoms with E-state index in [4.69, 9.17) is 4.74 Å². The van der Waals surface area contributed by atoms with Gasteiger partial charge in [0.15, 0.2) is 0 Å². The molecule has 2 aliphatic rings. The predicted octanol–water partition coefficient (Wildman–Crippen LogP) is 4.84. The van der Waals surface area contributed by atoms with Crippen LogP contribution in [-0.2, 0) is 9.53 Å². The van der Waals surface area contributed by atoms with E-state index in [-0.39, 0.29) is 23.8 Å². The fraction of sp³-hybridized carbons (Fsp3) is 0.261. The summed E-state index contributed by atoms with van der Waals surface area (Å²) >= 11 is 3.50. The molecule has 1 heterocycles. The van der Waals surface area contributed by atoms with Gasteiger partial charge in [0.25, 0.3) is 0 Å². The van der Waals surface area contributed by atoms with Gasteiger partial charge in [-0.25, -0.2) is 0 Å². The largest absolute Gasteiger partial charge is 0.468 e. The van der Waals surface area contributed by atoms with Crippen LogP contribution in [0.2, 0.25) is 0 Å². The van der Waals surface area contributed by atoms with Crippen LogP contribution in [0, 0.1) is 12.8 Å². The van der Waals surface area contributed by atoms with Gasteiger partial charge in [0.05, 0.1) is 7.11 Å². The molecule has 0 saturated carbocycles. The molecule has 0 aromatic heterocycles. The Morgan fingerprint density at radius 3 is 2.37 bits per heavy atom. The van der Waals surface area contributed by atoms with Crippen LogP contribution in [0.25, 0.3) is 0 Å². The molecule has 3 nitrogen and oxygen atoms in total. The smallest absolute Gasteiger partial charge is 0.323 e. The summed E-state index contributed by atoms with van der Waals surface area (Å²) in [5.74, 6) is -0.0444. The first-order chi connectivity index (χ1) is 13.1. The Balaban J connectivity index is 1.76. The second-order valence-corrected chi connectivity index (χ2v) is 8.08. The quantitative estimate of drug-likeness (QED) is 0.717. The Morgan fingerprint density at radius 1 is 1.04 bits per heavy atom. The van der Waals surface area contributed by atoms with E-state index in [1.54, 1.807) is 0 Å². The minimum absolute atomic E-state index is 0.0360. The molecule has 1 aliphatic heterocycles. The Labute approximate surface area is 168 Å². The third-order valence-corrected chi connectivity index (χ3v) is 6.05. The first kappa shape index (κ1) is 18.2. The summed E-state index contributed by atoms with van der Waals surface area (Å²) in [6, 6.07) is 16.3. The van der Waals surface area contributed by atoms with Gasteiger partial charge in [-0.15, -0.1) is 0 Å². The minimum atomic E-state index is -0.422. The summed E-state index contributed by atoms with van der Waals surface area (Å²) in [6.07, 6.45) is 6.50. The van der Waals surface area contributed by atoms with E-state index >= 15 is 0 Å². The summed E-state index contributed by atoms with van der Waals surface area (Å²) in [4.78, 5) is 12.7. The third-order valence-electron chi connectivity index (χ3n) is 5.52. The number of allylic oxidation sites excluding steroid dienone is 2. The van der Waals surface area contributed by atoms with Crippen molar-refractivity contribution in [2.75, 3.05) is 7.11 Å². The first-order valence-electron chi connectivity index (χ1n) is 9.12. The number of carbonyl (C=O) groups is 1. The average molecular weight is 424 g/mol. The van der Waals surface area contributed by atoms with Gasteiger partial charge in [-0.3, -0.25) is 10.1 Å². The number of fused-ring (bicyclic) bond motifs is 1. The number of aryl methyl sites for hydroxylation is 1. The molecule has 0 amide bonds. The van der Waals surface area contributed by atoms with Crippen LogP contribution in [0.4, 0.5) is 0 Å². The molecule has 1 N–H and O–H groups in total. The Morgan fingerprint density at radius 2 is 1.70 bits per heavy atom. The molecule has 4 heteroatoms. The zero-order valence-corrected chi connectivity index (χ0v) is 16.9. The molecule has 0 radical (unpaired) electrons. The standard InChI is InChI=1S/C23H22BrNO2/c1-14-6-8-15(9-7-14)20-18-4-3-5-19(18)21(25-22(20)23(26)27-2)16-10-12-17(24)13-11-16/h3-13,19-22,25H,1-2H3/t19-,20-,21+,22+/m1/s1. The van der Waals surface area contributed by atoms with Crippen LogP contribution in [0.15, 0.2) is 76.8 Å². The highest BCUT2D eigenvalue weighted by Crippen LogP contribution is 2.46. The van der Waals surface area contributed by atoms with E-state index in [9.17, 15) is 4.79 Å². The summed E-state index contributed by atoms with van der Waals surface area (Å²) in [5, 5.41) is 3.59. The zero-order valence-electron chi connectivity index (χ0n) is 15.4. The molecule has 27 heavy (non-hydrogen) atoms. The van der Waals surface area contributed by atoms with Crippen molar-refractivity contribution >= 4 is 21.9 Å². The molecule has 1 saturated heterocycles. The molecule has 0 unspecified atom stereocenters. The van der Waals surface area contributed by atoms with E-state index in [0.717, 1.165) is 15.6 Å². The number of piperidine rings is 1. The summed E-state index contributed by atoms with van der Waals surface area (Å²) in [5.41, 5.74) is 4.77. The van der Waals surface area contributed by atoms with Crippen molar-refractivity contribution in [1.29, 1.82) is 0 Å². The topological polar surface area (TPSA) is 38.3 Å². The fourth-order valence-electron chi connectivity index (χ4n) is 4.17. The summed E-state index contributed by atoms with van der Waals surface area (Å²) in [6.45, 7) is 2.07. The lowest BCUT2D eigenvalue weighted by molar-refractivity contribution is -0.144. The summed E-state index contributed by atoms with van der Waals surface area (Å²) < 4.78 is 6.20. The van der Waals surface area contributed by atoms with Crippen molar-refractivity contribution in [2.24, 2.45) is 5.92 Å². The number of halogens is 1. The van der Waals surface area contributed by atoms with Crippen LogP contribution >= 0.6 is 15.9 Å². The van der Waals surface area contributed by atoms with Gasteiger partial charge < -0.3 is 4.74 Å².